The van der Waals surface area contributed by atoms with Gasteiger partial charge in [0.1, 0.15) is 17.6 Å². The predicted molar refractivity (Wildman–Crippen MR) is 216 cm³/mol. The lowest BCUT2D eigenvalue weighted by Gasteiger charge is -2.44. The molecule has 3 amide bonds. The topological polar surface area (TPSA) is 114 Å². The van der Waals surface area contributed by atoms with Crippen molar-refractivity contribution in [3.63, 3.8) is 0 Å². The summed E-state index contributed by atoms with van der Waals surface area (Å²) in [6.07, 6.45) is 14.1. The van der Waals surface area contributed by atoms with Crippen LogP contribution in [-0.4, -0.2) is 68.9 Å². The van der Waals surface area contributed by atoms with Gasteiger partial charge in [-0.3, -0.25) is 29.1 Å². The highest BCUT2D eigenvalue weighted by Crippen LogP contribution is 2.53. The third-order valence-corrected chi connectivity index (χ3v) is 15.5. The number of rotatable bonds is 4. The summed E-state index contributed by atoms with van der Waals surface area (Å²) < 4.78 is 8.72. The van der Waals surface area contributed by atoms with Crippen LogP contribution in [0.5, 0.6) is 5.75 Å². The van der Waals surface area contributed by atoms with Gasteiger partial charge in [0.05, 0.1) is 40.2 Å². The first kappa shape index (κ1) is 35.6. The lowest BCUT2D eigenvalue weighted by molar-refractivity contribution is -0.136. The Morgan fingerprint density at radius 3 is 2.46 bits per heavy atom. The highest BCUT2D eigenvalue weighted by molar-refractivity contribution is 6.35. The number of benzene rings is 3. The monoisotopic (exact) mass is 785 g/mol. The fourth-order valence-electron chi connectivity index (χ4n) is 12.1. The number of halogens is 1. The van der Waals surface area contributed by atoms with Crippen LogP contribution in [-0.2, 0) is 33.4 Å². The molecular weight excluding hydrogens is 738 g/mol. The number of piperidine rings is 2. The van der Waals surface area contributed by atoms with Crippen LogP contribution in [0.4, 0.5) is 0 Å². The fourth-order valence-corrected chi connectivity index (χ4v) is 12.4. The SMILES string of the molecule is O=C1CC[C@H](N2Cc3c(ccc4c3OCC43CCN(C4CCC(Cc5ccc6c(c5)-n5c(nc(=O)c7c(Cl)cccc75)C65CCCCC5)CC4)CC3)C2=O)C(=O)N1. The van der Waals surface area contributed by atoms with Gasteiger partial charge in [-0.1, -0.05) is 55.1 Å². The van der Waals surface area contributed by atoms with E-state index in [1.54, 1.807) is 11.0 Å². The fraction of sp³-hybridized carbons (Fsp3) is 0.500. The number of likely N-dealkylation sites (tertiary alicyclic amines) is 1. The van der Waals surface area contributed by atoms with E-state index >= 15 is 0 Å². The van der Waals surface area contributed by atoms with Crippen LogP contribution in [0.15, 0.2) is 53.3 Å². The second-order valence-electron chi connectivity index (χ2n) is 18.1. The van der Waals surface area contributed by atoms with Crippen molar-refractivity contribution in [3.05, 3.63) is 97.5 Å². The van der Waals surface area contributed by atoms with E-state index in [9.17, 15) is 19.2 Å². The minimum absolute atomic E-state index is 0.0506. The van der Waals surface area contributed by atoms with Crippen LogP contribution >= 0.6 is 11.6 Å². The zero-order valence-corrected chi connectivity index (χ0v) is 33.0. The van der Waals surface area contributed by atoms with E-state index in [2.05, 4.69) is 39.0 Å². The minimum Gasteiger partial charge on any atom is -0.492 e. The molecular formula is C46H48ClN5O5. The van der Waals surface area contributed by atoms with Gasteiger partial charge in [-0.25, -0.2) is 0 Å². The summed E-state index contributed by atoms with van der Waals surface area (Å²) in [5, 5.41) is 3.38. The summed E-state index contributed by atoms with van der Waals surface area (Å²) in [7, 11) is 0. The molecule has 0 unspecified atom stereocenters. The highest BCUT2D eigenvalue weighted by atomic mass is 35.5. The van der Waals surface area contributed by atoms with Crippen LogP contribution in [0.25, 0.3) is 16.6 Å². The molecule has 0 radical (unpaired) electrons. The summed E-state index contributed by atoms with van der Waals surface area (Å²) in [5.74, 6) is 1.57. The molecule has 7 aliphatic rings. The first-order valence-electron chi connectivity index (χ1n) is 21.3. The molecule has 2 saturated carbocycles. The van der Waals surface area contributed by atoms with Gasteiger partial charge in [-0.15, -0.1) is 0 Å². The standard InChI is InChI=1S/C46H48ClN5O5/c47-34-5-4-6-35-39(34)42(55)49-44-46(17-2-1-3-18-46)32-13-9-28(24-37(32)52(35)44)23-27-7-10-29(11-8-27)50-21-19-45(20-22-50)26-57-40-31-25-51(36-15-16-38(53)48-41(36)54)43(56)30(31)12-14-33(40)45/h4-6,9,12-14,24,27,29,36H,1-3,7-8,10-11,15-23,25-26H2,(H,48,53,54)/t27?,29?,36-/m0/s1. The predicted octanol–water partition coefficient (Wildman–Crippen LogP) is 6.89. The molecule has 0 bridgehead atoms. The summed E-state index contributed by atoms with van der Waals surface area (Å²) in [6, 6.07) is 16.9. The van der Waals surface area contributed by atoms with E-state index in [1.165, 1.54) is 54.5 Å². The Labute approximate surface area is 336 Å². The first-order valence-corrected chi connectivity index (χ1v) is 21.6. The van der Waals surface area contributed by atoms with Gasteiger partial charge in [0.15, 0.2) is 0 Å². The van der Waals surface area contributed by atoms with Crippen LogP contribution in [0.2, 0.25) is 5.02 Å². The third kappa shape index (κ3) is 5.42. The third-order valence-electron chi connectivity index (χ3n) is 15.2. The molecule has 11 heteroatoms. The van der Waals surface area contributed by atoms with Crippen LogP contribution in [0.3, 0.4) is 0 Å². The maximum Gasteiger partial charge on any atom is 0.282 e. The Hall–Kier alpha value is -4.54. The van der Waals surface area contributed by atoms with Crippen molar-refractivity contribution in [2.24, 2.45) is 5.92 Å². The van der Waals surface area contributed by atoms with Gasteiger partial charge in [0.2, 0.25) is 11.8 Å². The zero-order chi connectivity index (χ0) is 38.6. The van der Waals surface area contributed by atoms with Gasteiger partial charge in [-0.2, -0.15) is 4.98 Å². The second-order valence-corrected chi connectivity index (χ2v) is 18.5. The van der Waals surface area contributed by atoms with E-state index in [4.69, 9.17) is 21.3 Å². The van der Waals surface area contributed by atoms with Gasteiger partial charge < -0.3 is 14.5 Å². The molecule has 5 aliphatic heterocycles. The lowest BCUT2D eigenvalue weighted by Crippen LogP contribution is -2.52. The molecule has 2 aliphatic carbocycles. The number of nitrogens with zero attached hydrogens (tertiary/aromatic N) is 4. The Bertz CT molecular complexity index is 2440. The number of ether oxygens (including phenoxy) is 1. The van der Waals surface area contributed by atoms with Crippen molar-refractivity contribution >= 4 is 40.2 Å². The first-order chi connectivity index (χ1) is 27.7. The number of carbonyl (C=O) groups excluding carboxylic acids is 3. The molecule has 10 nitrogen and oxygen atoms in total. The molecule has 2 spiro atoms. The minimum atomic E-state index is -0.627. The molecule has 294 valence electrons. The molecule has 11 rings (SSSR count). The van der Waals surface area contributed by atoms with E-state index in [1.807, 2.05) is 18.2 Å². The number of imide groups is 1. The summed E-state index contributed by atoms with van der Waals surface area (Å²) in [5.41, 5.74) is 6.97. The summed E-state index contributed by atoms with van der Waals surface area (Å²) in [4.78, 5) is 60.3. The van der Waals surface area contributed by atoms with Crippen molar-refractivity contribution in [2.75, 3.05) is 19.7 Å². The Morgan fingerprint density at radius 1 is 0.877 bits per heavy atom. The number of aromatic nitrogens is 2. The maximum absolute atomic E-state index is 13.4. The molecule has 1 atom stereocenters. The average Bonchev–Trinajstić information content (AvgIpc) is 3.83. The van der Waals surface area contributed by atoms with Crippen molar-refractivity contribution in [3.8, 4) is 11.4 Å². The normalized spacial score (nSPS) is 26.0. The maximum atomic E-state index is 13.4. The van der Waals surface area contributed by atoms with Crippen LogP contribution < -0.4 is 15.6 Å². The van der Waals surface area contributed by atoms with Gasteiger partial charge in [-0.05, 0) is 119 Å². The van der Waals surface area contributed by atoms with Crippen LogP contribution in [0, 0.1) is 5.92 Å². The molecule has 4 fully saturated rings. The number of amides is 3. The smallest absolute Gasteiger partial charge is 0.282 e. The lowest BCUT2D eigenvalue weighted by atomic mass is 9.69. The number of hydrogen-bond donors (Lipinski definition) is 1. The molecule has 3 aromatic carbocycles. The van der Waals surface area contributed by atoms with Gasteiger partial charge in [0.25, 0.3) is 11.5 Å². The number of hydrogen-bond acceptors (Lipinski definition) is 7. The Kier molecular flexibility index (Phi) is 8.27. The quantitative estimate of drug-likeness (QED) is 0.224. The van der Waals surface area contributed by atoms with Crippen molar-refractivity contribution < 1.29 is 19.1 Å². The Morgan fingerprint density at radius 2 is 1.67 bits per heavy atom. The summed E-state index contributed by atoms with van der Waals surface area (Å²) in [6.45, 7) is 3.06. The zero-order valence-electron chi connectivity index (χ0n) is 32.3. The van der Waals surface area contributed by atoms with E-state index in [-0.39, 0.29) is 40.5 Å². The van der Waals surface area contributed by atoms with E-state index in [0.717, 1.165) is 80.7 Å². The number of fused-ring (bicyclic) bond motifs is 11. The molecule has 1 N–H and O–H groups in total. The van der Waals surface area contributed by atoms with Crippen molar-refractivity contribution in [2.45, 2.75) is 119 Å². The number of nitrogens with one attached hydrogen (secondary N) is 1. The van der Waals surface area contributed by atoms with Crippen LogP contribution in [0.1, 0.15) is 122 Å². The van der Waals surface area contributed by atoms with Crippen molar-refractivity contribution in [1.82, 2.24) is 24.7 Å². The Balaban J connectivity index is 0.761. The molecule has 57 heavy (non-hydrogen) atoms. The summed E-state index contributed by atoms with van der Waals surface area (Å²) >= 11 is 6.61. The van der Waals surface area contributed by atoms with Gasteiger partial charge in [0, 0.05) is 34.6 Å². The number of carbonyl (C=O) groups is 3. The average molecular weight is 786 g/mol. The molecule has 4 aromatic rings. The largest absolute Gasteiger partial charge is 0.492 e. The molecule has 6 heterocycles. The van der Waals surface area contributed by atoms with E-state index < -0.39 is 6.04 Å². The van der Waals surface area contributed by atoms with Crippen molar-refractivity contribution in [1.29, 1.82) is 0 Å². The highest BCUT2D eigenvalue weighted by Gasteiger charge is 2.49. The van der Waals surface area contributed by atoms with E-state index in [0.29, 0.717) is 47.5 Å². The molecule has 1 aromatic heterocycles. The van der Waals surface area contributed by atoms with Gasteiger partial charge >= 0.3 is 0 Å². The second kappa shape index (κ2) is 13.2. The molecule has 2 saturated heterocycles.